The molecule has 0 aliphatic carbocycles. The smallest absolute Gasteiger partial charge is 0.263 e. The van der Waals surface area contributed by atoms with Crippen molar-refractivity contribution in [3.05, 3.63) is 51.3 Å². The Morgan fingerprint density at radius 1 is 1.05 bits per heavy atom. The Labute approximate surface area is 140 Å². The topological polar surface area (TPSA) is 46.5 Å². The van der Waals surface area contributed by atoms with Gasteiger partial charge in [0.25, 0.3) is 0 Å². The summed E-state index contributed by atoms with van der Waals surface area (Å²) in [7, 11) is 0. The van der Waals surface area contributed by atoms with Gasteiger partial charge in [-0.15, -0.1) is 4.91 Å². The van der Waals surface area contributed by atoms with Gasteiger partial charge in [0, 0.05) is 34.8 Å². The molecule has 0 atom stereocenters. The monoisotopic (exact) mass is 381 g/mol. The number of nitrogens with zero attached hydrogens (tertiary/aromatic N) is 1. The maximum atomic E-state index is 11.3. The predicted octanol–water partition coefficient (Wildman–Crippen LogP) is 6.00. The third-order valence-electron chi connectivity index (χ3n) is 2.64. The number of carbonyl (C=O) groups excluding carboxylic acids is 1. The summed E-state index contributed by atoms with van der Waals surface area (Å²) in [4.78, 5) is 26.0. The van der Waals surface area contributed by atoms with E-state index in [1.165, 1.54) is 4.90 Å². The molecule has 0 radical (unpaired) electrons. The van der Waals surface area contributed by atoms with Crippen LogP contribution >= 0.6 is 39.5 Å². The first-order valence-electron chi connectivity index (χ1n) is 6.35. The molecular weight excluding hydrogens is 370 g/mol. The minimum absolute atomic E-state index is 0.334. The van der Waals surface area contributed by atoms with Gasteiger partial charge in [-0.25, -0.2) is 0 Å². The van der Waals surface area contributed by atoms with Crippen LogP contribution in [0, 0.1) is 4.91 Å². The van der Waals surface area contributed by atoms with E-state index in [0.717, 1.165) is 19.2 Å². The quantitative estimate of drug-likeness (QED) is 0.485. The molecule has 0 saturated heterocycles. The maximum absolute atomic E-state index is 11.3. The van der Waals surface area contributed by atoms with Gasteiger partial charge in [0.05, 0.1) is 0 Å². The second kappa shape index (κ2) is 7.24. The Kier molecular flexibility index (Phi) is 5.61. The first kappa shape index (κ1) is 16.3. The van der Waals surface area contributed by atoms with E-state index in [4.69, 9.17) is 0 Å². The van der Waals surface area contributed by atoms with Crippen molar-refractivity contribution in [2.75, 3.05) is 0 Å². The second-order valence-electron chi connectivity index (χ2n) is 3.83. The van der Waals surface area contributed by atoms with Crippen molar-refractivity contribution in [3.8, 4) is 0 Å². The lowest BCUT2D eigenvalue weighted by Crippen LogP contribution is -1.96. The molecule has 108 valence electrons. The minimum atomic E-state index is -0.728. The van der Waals surface area contributed by atoms with Crippen molar-refractivity contribution < 1.29 is 4.79 Å². The summed E-state index contributed by atoms with van der Waals surface area (Å²) in [6.07, 6.45) is 0. The summed E-state index contributed by atoms with van der Waals surface area (Å²) >= 11 is 6.78. The third-order valence-corrected chi connectivity index (χ3v) is 6.16. The first-order valence-corrected chi connectivity index (χ1v) is 8.77. The molecule has 1 amide bonds. The molecule has 2 aromatic carbocycles. The number of carbonyl (C=O) groups is 1. The largest absolute Gasteiger partial charge is 0.316 e. The van der Waals surface area contributed by atoms with Gasteiger partial charge in [-0.3, -0.25) is 4.79 Å². The summed E-state index contributed by atoms with van der Waals surface area (Å²) in [5.74, 6) is -0.728. The highest BCUT2D eigenvalue weighted by molar-refractivity contribution is 9.10. The number of halogens is 1. The van der Waals surface area contributed by atoms with E-state index in [1.807, 2.05) is 38.1 Å². The van der Waals surface area contributed by atoms with Crippen molar-refractivity contribution in [2.45, 2.75) is 33.4 Å². The minimum Gasteiger partial charge on any atom is -0.263 e. The van der Waals surface area contributed by atoms with Gasteiger partial charge >= 0.3 is 5.91 Å². The van der Waals surface area contributed by atoms with Crippen LogP contribution in [0.4, 0.5) is 0 Å². The van der Waals surface area contributed by atoms with E-state index >= 15 is 0 Å². The van der Waals surface area contributed by atoms with Crippen LogP contribution in [0.1, 0.15) is 24.2 Å². The molecule has 1 aliphatic heterocycles. The molecule has 0 fully saturated rings. The van der Waals surface area contributed by atoms with Crippen molar-refractivity contribution in [2.24, 2.45) is 5.18 Å². The average molecular weight is 382 g/mol. The zero-order valence-corrected chi connectivity index (χ0v) is 14.6. The van der Waals surface area contributed by atoms with Crippen LogP contribution in [0.3, 0.4) is 0 Å². The van der Waals surface area contributed by atoms with Crippen molar-refractivity contribution >= 4 is 45.4 Å². The Bertz CT molecular complexity index is 704. The Morgan fingerprint density at radius 3 is 2.52 bits per heavy atom. The van der Waals surface area contributed by atoms with Crippen LogP contribution in [0.2, 0.25) is 0 Å². The third kappa shape index (κ3) is 3.39. The molecule has 6 heteroatoms. The molecule has 0 aromatic heterocycles. The lowest BCUT2D eigenvalue weighted by molar-refractivity contribution is 0.100. The van der Waals surface area contributed by atoms with Crippen molar-refractivity contribution in [1.29, 1.82) is 0 Å². The number of nitroso groups, excluding NO2 is 1. The summed E-state index contributed by atoms with van der Waals surface area (Å²) in [6, 6.07) is 11.2. The molecule has 21 heavy (non-hydrogen) atoms. The van der Waals surface area contributed by atoms with Gasteiger partial charge in [-0.2, -0.15) is 0 Å². The van der Waals surface area contributed by atoms with Crippen LogP contribution < -0.4 is 0 Å². The summed E-state index contributed by atoms with van der Waals surface area (Å²) in [5.41, 5.74) is 0.334. The van der Waals surface area contributed by atoms with E-state index in [1.54, 1.807) is 35.7 Å². The van der Waals surface area contributed by atoms with Crippen LogP contribution in [-0.4, -0.2) is 5.91 Å². The van der Waals surface area contributed by atoms with Gasteiger partial charge in [0.15, 0.2) is 0 Å². The number of hydrogen-bond donors (Lipinski definition) is 0. The fourth-order valence-corrected chi connectivity index (χ4v) is 4.79. The molecule has 0 spiro atoms. The SMILES string of the molecule is CC.O=NC(=O)c1ccc2c(c1)Sc1cccc(Br)c1S2. The molecule has 2 aromatic rings. The lowest BCUT2D eigenvalue weighted by atomic mass is 10.2. The molecule has 3 rings (SSSR count). The second-order valence-corrected chi connectivity index (χ2v) is 6.82. The summed E-state index contributed by atoms with van der Waals surface area (Å²) < 4.78 is 1.06. The summed E-state index contributed by atoms with van der Waals surface area (Å²) in [5, 5.41) is 2.45. The van der Waals surface area contributed by atoms with E-state index in [-0.39, 0.29) is 0 Å². The highest BCUT2D eigenvalue weighted by atomic mass is 79.9. The zero-order valence-electron chi connectivity index (χ0n) is 11.4. The van der Waals surface area contributed by atoms with E-state index in [9.17, 15) is 9.70 Å². The van der Waals surface area contributed by atoms with E-state index < -0.39 is 5.91 Å². The highest BCUT2D eigenvalue weighted by Crippen LogP contribution is 2.50. The lowest BCUT2D eigenvalue weighted by Gasteiger charge is -2.19. The fraction of sp³-hybridized carbons (Fsp3) is 0.133. The fourth-order valence-electron chi connectivity index (χ4n) is 1.75. The van der Waals surface area contributed by atoms with Crippen LogP contribution in [0.15, 0.2) is 65.6 Å². The van der Waals surface area contributed by atoms with E-state index in [0.29, 0.717) is 5.56 Å². The Balaban J connectivity index is 0.000000774. The zero-order chi connectivity index (χ0) is 15.4. The Morgan fingerprint density at radius 2 is 1.81 bits per heavy atom. The van der Waals surface area contributed by atoms with Gasteiger partial charge in [0.1, 0.15) is 0 Å². The number of benzene rings is 2. The number of fused-ring (bicyclic) bond motifs is 2. The molecule has 0 N–H and O–H groups in total. The molecule has 0 saturated carbocycles. The van der Waals surface area contributed by atoms with Crippen LogP contribution in [-0.2, 0) is 0 Å². The highest BCUT2D eigenvalue weighted by Gasteiger charge is 2.20. The van der Waals surface area contributed by atoms with Crippen molar-refractivity contribution in [1.82, 2.24) is 0 Å². The first-order chi connectivity index (χ1) is 10.2. The normalized spacial score (nSPS) is 11.6. The average Bonchev–Trinajstić information content (AvgIpc) is 2.54. The molecule has 0 unspecified atom stereocenters. The number of amides is 1. The Hall–Kier alpha value is -1.11. The van der Waals surface area contributed by atoms with Crippen LogP contribution in [0.5, 0.6) is 0 Å². The van der Waals surface area contributed by atoms with Gasteiger partial charge in [-0.05, 0) is 46.3 Å². The molecule has 1 heterocycles. The van der Waals surface area contributed by atoms with Gasteiger partial charge in [0.2, 0.25) is 0 Å². The molecular formula is C15H12BrNO2S2. The number of rotatable bonds is 1. The van der Waals surface area contributed by atoms with Gasteiger partial charge < -0.3 is 0 Å². The molecule has 0 bridgehead atoms. The predicted molar refractivity (Wildman–Crippen MR) is 90.3 cm³/mol. The maximum Gasteiger partial charge on any atom is 0.316 e. The molecule has 3 nitrogen and oxygen atoms in total. The summed E-state index contributed by atoms with van der Waals surface area (Å²) in [6.45, 7) is 4.00. The number of hydrogen-bond acceptors (Lipinski definition) is 4. The standard InChI is InChI=1S/C13H6BrNO2S2.C2H6/c14-8-2-1-3-10-12(8)19-9-5-4-7(13(16)15-17)6-11(9)18-10;1-2/h1-6H;1-2H3. The van der Waals surface area contributed by atoms with Gasteiger partial charge in [-0.1, -0.05) is 43.4 Å². The van der Waals surface area contributed by atoms with E-state index in [2.05, 4.69) is 21.1 Å². The van der Waals surface area contributed by atoms with Crippen LogP contribution in [0.25, 0.3) is 0 Å². The molecule has 1 aliphatic rings. The van der Waals surface area contributed by atoms with Crippen molar-refractivity contribution in [3.63, 3.8) is 0 Å².